The first-order valence-corrected chi connectivity index (χ1v) is 8.28. The Balaban J connectivity index is 2.35. The van der Waals surface area contributed by atoms with Gasteiger partial charge >= 0.3 is 6.21 Å². The Morgan fingerprint density at radius 1 is 1.04 bits per heavy atom. The van der Waals surface area contributed by atoms with Gasteiger partial charge in [-0.1, -0.05) is 29.8 Å². The fourth-order valence-corrected chi connectivity index (χ4v) is 2.94. The summed E-state index contributed by atoms with van der Waals surface area (Å²) in [5, 5.41) is 0. The highest BCUT2D eigenvalue weighted by Crippen LogP contribution is 2.13. The minimum absolute atomic E-state index is 0.0674. The minimum Gasteiger partial charge on any atom is -0.361 e. The molecule has 1 N–H and O–H groups in total. The smallest absolute Gasteiger partial charge is 0.328 e. The van der Waals surface area contributed by atoms with E-state index >= 15 is 0 Å². The van der Waals surface area contributed by atoms with Gasteiger partial charge in [0.1, 0.15) is 0 Å². The SMILES string of the molecule is Cc1ccc(S(=O)(=O)NC(=O)c2ccccc2C(=O)C=[N+]=[N-])cc1. The molecule has 0 radical (unpaired) electrons. The zero-order valence-corrected chi connectivity index (χ0v) is 13.4. The molecule has 0 unspecified atom stereocenters. The number of benzene rings is 2. The Bertz CT molecular complexity index is 944. The van der Waals surface area contributed by atoms with Crippen molar-refractivity contribution in [3.63, 3.8) is 0 Å². The number of carbonyl (C=O) groups is 2. The van der Waals surface area contributed by atoms with E-state index in [0.717, 1.165) is 5.56 Å². The lowest BCUT2D eigenvalue weighted by Gasteiger charge is -2.09. The van der Waals surface area contributed by atoms with E-state index in [-0.39, 0.29) is 16.0 Å². The summed E-state index contributed by atoms with van der Waals surface area (Å²) < 4.78 is 26.4. The third kappa shape index (κ3) is 3.81. The van der Waals surface area contributed by atoms with Crippen molar-refractivity contribution >= 4 is 27.9 Å². The maximum atomic E-state index is 12.3. The molecular formula is C16H13N3O4S. The van der Waals surface area contributed by atoms with Crippen LogP contribution in [-0.4, -0.2) is 31.1 Å². The first-order chi connectivity index (χ1) is 11.3. The largest absolute Gasteiger partial charge is 0.361 e. The number of sulfonamides is 1. The Hall–Kier alpha value is -3.09. The van der Waals surface area contributed by atoms with Gasteiger partial charge in [-0.15, -0.1) is 0 Å². The number of hydrogen-bond acceptors (Lipinski definition) is 4. The summed E-state index contributed by atoms with van der Waals surface area (Å²) in [7, 11) is -4.07. The van der Waals surface area contributed by atoms with E-state index in [0.29, 0.717) is 6.21 Å². The van der Waals surface area contributed by atoms with E-state index in [9.17, 15) is 18.0 Å². The average Bonchev–Trinajstić information content (AvgIpc) is 2.55. The molecule has 1 amide bonds. The molecule has 0 heterocycles. The third-order valence-corrected chi connectivity index (χ3v) is 4.52. The number of carbonyl (C=O) groups excluding carboxylic acids is 2. The number of nitrogens with zero attached hydrogens (tertiary/aromatic N) is 2. The molecule has 0 spiro atoms. The number of rotatable bonds is 5. The van der Waals surface area contributed by atoms with Crippen molar-refractivity contribution in [3.05, 3.63) is 70.8 Å². The molecule has 0 saturated carbocycles. The van der Waals surface area contributed by atoms with E-state index in [2.05, 4.69) is 4.79 Å². The quantitative estimate of drug-likeness (QED) is 0.384. The van der Waals surface area contributed by atoms with Gasteiger partial charge in [0.2, 0.25) is 0 Å². The molecule has 0 atom stereocenters. The summed E-state index contributed by atoms with van der Waals surface area (Å²) in [4.78, 5) is 26.6. The van der Waals surface area contributed by atoms with Crippen molar-refractivity contribution in [1.29, 1.82) is 0 Å². The second kappa shape index (κ2) is 6.99. The molecule has 0 saturated heterocycles. The first kappa shape index (κ1) is 17.3. The lowest BCUT2D eigenvalue weighted by molar-refractivity contribution is 0.00234. The standard InChI is InChI=1S/C16H13N3O4S/c1-11-6-8-12(9-7-11)24(22,23)19-16(21)14-5-3-2-4-13(14)15(20)10-18-17/h2-10H,1H3,(H,19,21). The highest BCUT2D eigenvalue weighted by molar-refractivity contribution is 7.90. The fraction of sp³-hybridized carbons (Fsp3) is 0.0625. The molecule has 0 aliphatic carbocycles. The van der Waals surface area contributed by atoms with Gasteiger partial charge in [0.25, 0.3) is 21.7 Å². The Labute approximate surface area is 138 Å². The summed E-state index contributed by atoms with van der Waals surface area (Å²) >= 11 is 0. The Kier molecular flexibility index (Phi) is 5.03. The van der Waals surface area contributed by atoms with Gasteiger partial charge < -0.3 is 5.53 Å². The third-order valence-electron chi connectivity index (χ3n) is 3.17. The van der Waals surface area contributed by atoms with Crippen molar-refractivity contribution in [2.75, 3.05) is 0 Å². The molecule has 2 aromatic rings. The van der Waals surface area contributed by atoms with Crippen LogP contribution in [0.1, 0.15) is 26.3 Å². The lowest BCUT2D eigenvalue weighted by Crippen LogP contribution is -2.31. The van der Waals surface area contributed by atoms with Crippen LogP contribution in [0.4, 0.5) is 0 Å². The van der Waals surface area contributed by atoms with Crippen LogP contribution in [0, 0.1) is 6.92 Å². The molecule has 0 fully saturated rings. The van der Waals surface area contributed by atoms with Crippen molar-refractivity contribution in [3.8, 4) is 0 Å². The van der Waals surface area contributed by atoms with Crippen LogP contribution in [-0.2, 0) is 10.0 Å². The van der Waals surface area contributed by atoms with E-state index in [1.165, 1.54) is 36.4 Å². The molecule has 0 bridgehead atoms. The Morgan fingerprint density at radius 2 is 1.62 bits per heavy atom. The molecule has 0 aromatic heterocycles. The van der Waals surface area contributed by atoms with Crippen LogP contribution in [0.2, 0.25) is 0 Å². The summed E-state index contributed by atoms with van der Waals surface area (Å²) in [5.41, 5.74) is 9.09. The number of nitrogens with one attached hydrogen (secondary N) is 1. The molecule has 24 heavy (non-hydrogen) atoms. The van der Waals surface area contributed by atoms with Crippen molar-refractivity contribution in [2.45, 2.75) is 11.8 Å². The predicted molar refractivity (Wildman–Crippen MR) is 86.3 cm³/mol. The van der Waals surface area contributed by atoms with Gasteiger partial charge in [0, 0.05) is 5.56 Å². The maximum absolute atomic E-state index is 12.3. The van der Waals surface area contributed by atoms with E-state index in [1.807, 2.05) is 4.72 Å². The van der Waals surface area contributed by atoms with Crippen molar-refractivity contribution in [1.82, 2.24) is 4.72 Å². The van der Waals surface area contributed by atoms with Gasteiger partial charge in [-0.3, -0.25) is 9.59 Å². The molecular weight excluding hydrogens is 330 g/mol. The normalized spacial score (nSPS) is 10.5. The summed E-state index contributed by atoms with van der Waals surface area (Å²) in [6, 6.07) is 11.6. The lowest BCUT2D eigenvalue weighted by atomic mass is 10.0. The van der Waals surface area contributed by atoms with E-state index in [1.54, 1.807) is 19.1 Å². The summed E-state index contributed by atoms with van der Waals surface area (Å²) in [6.07, 6.45) is 0.626. The van der Waals surface area contributed by atoms with Gasteiger partial charge in [0.15, 0.2) is 0 Å². The topological polar surface area (TPSA) is 117 Å². The molecule has 2 aromatic carbocycles. The number of ketones is 1. The highest BCUT2D eigenvalue weighted by atomic mass is 32.2. The first-order valence-electron chi connectivity index (χ1n) is 6.80. The Morgan fingerprint density at radius 3 is 2.21 bits per heavy atom. The van der Waals surface area contributed by atoms with Crippen LogP contribution in [0.3, 0.4) is 0 Å². The van der Waals surface area contributed by atoms with E-state index < -0.39 is 21.7 Å². The number of Topliss-reactive ketones (excluding diaryl/α,β-unsaturated/α-hetero) is 1. The molecule has 8 heteroatoms. The van der Waals surface area contributed by atoms with Gasteiger partial charge in [-0.05, 0) is 31.2 Å². The molecule has 2 rings (SSSR count). The van der Waals surface area contributed by atoms with Crippen LogP contribution in [0.25, 0.3) is 5.53 Å². The zero-order chi connectivity index (χ0) is 17.7. The second-order valence-corrected chi connectivity index (χ2v) is 6.58. The minimum atomic E-state index is -4.07. The van der Waals surface area contributed by atoms with Gasteiger partial charge in [-0.25, -0.2) is 13.1 Å². The fourth-order valence-electron chi connectivity index (χ4n) is 1.97. The maximum Gasteiger partial charge on any atom is 0.328 e. The number of amides is 1. The molecule has 122 valence electrons. The average molecular weight is 343 g/mol. The zero-order valence-electron chi connectivity index (χ0n) is 12.6. The highest BCUT2D eigenvalue weighted by Gasteiger charge is 2.23. The summed E-state index contributed by atoms with van der Waals surface area (Å²) in [5.74, 6) is -1.68. The number of aryl methyl sites for hydroxylation is 1. The van der Waals surface area contributed by atoms with Crippen LogP contribution < -0.4 is 4.72 Å². The van der Waals surface area contributed by atoms with Gasteiger partial charge in [-0.2, -0.15) is 4.79 Å². The molecule has 0 aliphatic heterocycles. The van der Waals surface area contributed by atoms with E-state index in [4.69, 9.17) is 5.53 Å². The molecule has 0 aliphatic rings. The monoisotopic (exact) mass is 343 g/mol. The van der Waals surface area contributed by atoms with Crippen molar-refractivity contribution in [2.24, 2.45) is 0 Å². The number of hydrogen-bond donors (Lipinski definition) is 1. The van der Waals surface area contributed by atoms with Gasteiger partial charge in [0.05, 0.1) is 10.5 Å². The van der Waals surface area contributed by atoms with Crippen molar-refractivity contribution < 1.29 is 22.8 Å². The summed E-state index contributed by atoms with van der Waals surface area (Å²) in [6.45, 7) is 1.81. The second-order valence-electron chi connectivity index (χ2n) is 4.90. The predicted octanol–water partition coefficient (Wildman–Crippen LogP) is 1.60. The van der Waals surface area contributed by atoms with Crippen LogP contribution in [0.15, 0.2) is 53.4 Å². The van der Waals surface area contributed by atoms with Crippen LogP contribution in [0.5, 0.6) is 0 Å². The van der Waals surface area contributed by atoms with Crippen LogP contribution >= 0.6 is 0 Å². The molecule has 7 nitrogen and oxygen atoms in total.